The molecular weight excluding hydrogens is 240 g/mol. The molecule has 2 aromatic rings. The second kappa shape index (κ2) is 5.95. The van der Waals surface area contributed by atoms with Crippen LogP contribution in [-0.4, -0.2) is 17.6 Å². The van der Waals surface area contributed by atoms with Crippen LogP contribution in [-0.2, 0) is 13.6 Å². The third-order valence-electron chi connectivity index (χ3n) is 2.69. The van der Waals surface area contributed by atoms with E-state index in [2.05, 4.69) is 10.3 Å². The Labute approximate surface area is 112 Å². The average Bonchev–Trinajstić information content (AvgIpc) is 2.83. The molecule has 5 nitrogen and oxygen atoms in total. The summed E-state index contributed by atoms with van der Waals surface area (Å²) in [7, 11) is 3.62. The van der Waals surface area contributed by atoms with Crippen molar-refractivity contribution in [3.8, 4) is 5.75 Å². The summed E-state index contributed by atoms with van der Waals surface area (Å²) in [6, 6.07) is 9.54. The fraction of sp³-hybridized carbons (Fsp3) is 0.214. The molecule has 0 spiro atoms. The first-order chi connectivity index (χ1) is 9.17. The van der Waals surface area contributed by atoms with Gasteiger partial charge in [0, 0.05) is 25.1 Å². The van der Waals surface area contributed by atoms with Crippen LogP contribution < -0.4 is 15.8 Å². The molecule has 5 heteroatoms. The monoisotopic (exact) mass is 258 g/mol. The molecule has 2 rings (SSSR count). The molecule has 100 valence electrons. The third kappa shape index (κ3) is 3.77. The maximum atomic E-state index is 5.83. The topological polar surface area (TPSA) is 64.6 Å². The van der Waals surface area contributed by atoms with Crippen LogP contribution in [0.3, 0.4) is 0 Å². The highest BCUT2D eigenvalue weighted by molar-refractivity contribution is 5.92. The predicted octanol–water partition coefficient (Wildman–Crippen LogP) is 1.96. The van der Waals surface area contributed by atoms with Gasteiger partial charge in [-0.2, -0.15) is 0 Å². The second-order valence-electron chi connectivity index (χ2n) is 4.24. The number of nitrogens with two attached hydrogens (primary N) is 1. The Morgan fingerprint density at radius 2 is 2.05 bits per heavy atom. The van der Waals surface area contributed by atoms with Crippen molar-refractivity contribution in [2.24, 2.45) is 17.8 Å². The molecule has 0 saturated heterocycles. The number of ether oxygens (including phenoxy) is 1. The fourth-order valence-electron chi connectivity index (χ4n) is 1.69. The number of guanidine groups is 1. The van der Waals surface area contributed by atoms with E-state index < -0.39 is 0 Å². The molecule has 1 aromatic heterocycles. The van der Waals surface area contributed by atoms with Gasteiger partial charge < -0.3 is 20.4 Å². The first-order valence-electron chi connectivity index (χ1n) is 5.99. The van der Waals surface area contributed by atoms with Crippen molar-refractivity contribution in [2.45, 2.75) is 6.54 Å². The first kappa shape index (κ1) is 13.0. The van der Waals surface area contributed by atoms with Crippen LogP contribution in [0.1, 0.15) is 5.56 Å². The number of aromatic nitrogens is 1. The molecule has 0 bridgehead atoms. The number of methoxy groups -OCH3 is 1. The van der Waals surface area contributed by atoms with Crippen molar-refractivity contribution in [1.82, 2.24) is 4.57 Å². The molecule has 0 amide bonds. The highest BCUT2D eigenvalue weighted by atomic mass is 16.5. The molecular formula is C14H18N4O. The van der Waals surface area contributed by atoms with Gasteiger partial charge in [0.2, 0.25) is 0 Å². The lowest BCUT2D eigenvalue weighted by atomic mass is 10.3. The van der Waals surface area contributed by atoms with Crippen molar-refractivity contribution < 1.29 is 4.74 Å². The molecule has 1 heterocycles. The van der Waals surface area contributed by atoms with Gasteiger partial charge in [0.25, 0.3) is 0 Å². The minimum Gasteiger partial charge on any atom is -0.497 e. The molecule has 0 fully saturated rings. The predicted molar refractivity (Wildman–Crippen MR) is 77.4 cm³/mol. The number of anilines is 1. The number of aliphatic imine (C=N–C) groups is 1. The number of hydrogen-bond acceptors (Lipinski definition) is 2. The second-order valence-corrected chi connectivity index (χ2v) is 4.24. The minimum absolute atomic E-state index is 0.397. The number of nitrogens with zero attached hydrogens (tertiary/aromatic N) is 2. The maximum absolute atomic E-state index is 5.83. The zero-order valence-electron chi connectivity index (χ0n) is 11.1. The van der Waals surface area contributed by atoms with E-state index in [0.717, 1.165) is 17.0 Å². The van der Waals surface area contributed by atoms with E-state index in [1.807, 2.05) is 54.3 Å². The average molecular weight is 258 g/mol. The van der Waals surface area contributed by atoms with Gasteiger partial charge in [-0.15, -0.1) is 0 Å². The Kier molecular flexibility index (Phi) is 4.07. The van der Waals surface area contributed by atoms with Gasteiger partial charge in [-0.3, -0.25) is 0 Å². The summed E-state index contributed by atoms with van der Waals surface area (Å²) in [6.45, 7) is 0.565. The Morgan fingerprint density at radius 1 is 1.32 bits per heavy atom. The van der Waals surface area contributed by atoms with Crippen molar-refractivity contribution in [1.29, 1.82) is 0 Å². The van der Waals surface area contributed by atoms with Gasteiger partial charge in [-0.05, 0) is 35.9 Å². The van der Waals surface area contributed by atoms with Gasteiger partial charge in [-0.1, -0.05) is 0 Å². The summed E-state index contributed by atoms with van der Waals surface area (Å²) >= 11 is 0. The molecule has 19 heavy (non-hydrogen) atoms. The number of nitrogens with one attached hydrogen (secondary N) is 1. The summed E-state index contributed by atoms with van der Waals surface area (Å²) in [4.78, 5) is 4.28. The molecule has 0 radical (unpaired) electrons. The van der Waals surface area contributed by atoms with E-state index in [0.29, 0.717) is 12.5 Å². The summed E-state index contributed by atoms with van der Waals surface area (Å²) in [5.41, 5.74) is 7.84. The lowest BCUT2D eigenvalue weighted by Crippen LogP contribution is -2.22. The molecule has 1 aromatic carbocycles. The molecule has 0 aliphatic rings. The third-order valence-corrected chi connectivity index (χ3v) is 2.69. The van der Waals surface area contributed by atoms with Crippen LogP contribution in [0.25, 0.3) is 0 Å². The van der Waals surface area contributed by atoms with E-state index in [1.165, 1.54) is 0 Å². The fourth-order valence-corrected chi connectivity index (χ4v) is 1.69. The summed E-state index contributed by atoms with van der Waals surface area (Å²) in [5, 5.41) is 3.04. The van der Waals surface area contributed by atoms with Gasteiger partial charge in [0.05, 0.1) is 13.7 Å². The lowest BCUT2D eigenvalue weighted by Gasteiger charge is -2.06. The Balaban J connectivity index is 1.93. The zero-order valence-corrected chi connectivity index (χ0v) is 11.1. The van der Waals surface area contributed by atoms with Crippen LogP contribution in [0.5, 0.6) is 5.75 Å². The van der Waals surface area contributed by atoms with Crippen LogP contribution in [0.15, 0.2) is 47.7 Å². The normalized spacial score (nSPS) is 11.4. The largest absolute Gasteiger partial charge is 0.497 e. The Bertz CT molecular complexity index is 557. The number of rotatable bonds is 4. The van der Waals surface area contributed by atoms with Crippen LogP contribution in [0, 0.1) is 0 Å². The van der Waals surface area contributed by atoms with Gasteiger partial charge in [0.15, 0.2) is 5.96 Å². The SMILES string of the molecule is COc1ccc(NC(N)=NCc2ccn(C)c2)cc1. The molecule has 0 saturated carbocycles. The van der Waals surface area contributed by atoms with Crippen LogP contribution in [0.2, 0.25) is 0 Å². The lowest BCUT2D eigenvalue weighted by molar-refractivity contribution is 0.415. The minimum atomic E-state index is 0.397. The Hall–Kier alpha value is -2.43. The molecule has 0 aliphatic heterocycles. The van der Waals surface area contributed by atoms with E-state index in [1.54, 1.807) is 7.11 Å². The quantitative estimate of drug-likeness (QED) is 0.651. The molecule has 0 atom stereocenters. The molecule has 0 unspecified atom stereocenters. The summed E-state index contributed by atoms with van der Waals surface area (Å²) < 4.78 is 7.07. The first-order valence-corrected chi connectivity index (χ1v) is 5.99. The highest BCUT2D eigenvalue weighted by Gasteiger charge is 1.97. The van der Waals surface area contributed by atoms with E-state index >= 15 is 0 Å². The standard InChI is InChI=1S/C14H18N4O/c1-18-8-7-11(10-18)9-16-14(15)17-12-3-5-13(19-2)6-4-12/h3-8,10H,9H2,1-2H3,(H3,15,16,17). The van der Waals surface area contributed by atoms with E-state index in [-0.39, 0.29) is 0 Å². The highest BCUT2D eigenvalue weighted by Crippen LogP contribution is 2.14. The van der Waals surface area contributed by atoms with Gasteiger partial charge >= 0.3 is 0 Å². The van der Waals surface area contributed by atoms with Crippen molar-refractivity contribution in [3.05, 3.63) is 48.3 Å². The maximum Gasteiger partial charge on any atom is 0.193 e. The van der Waals surface area contributed by atoms with Crippen molar-refractivity contribution in [2.75, 3.05) is 12.4 Å². The smallest absolute Gasteiger partial charge is 0.193 e. The summed E-state index contributed by atoms with van der Waals surface area (Å²) in [5.74, 6) is 1.21. The van der Waals surface area contributed by atoms with Crippen molar-refractivity contribution in [3.63, 3.8) is 0 Å². The molecule has 0 aliphatic carbocycles. The summed E-state index contributed by atoms with van der Waals surface area (Å²) in [6.07, 6.45) is 4.00. The van der Waals surface area contributed by atoms with E-state index in [4.69, 9.17) is 10.5 Å². The van der Waals surface area contributed by atoms with Crippen molar-refractivity contribution >= 4 is 11.6 Å². The zero-order chi connectivity index (χ0) is 13.7. The number of benzene rings is 1. The Morgan fingerprint density at radius 3 is 2.63 bits per heavy atom. The molecule has 3 N–H and O–H groups in total. The number of hydrogen-bond donors (Lipinski definition) is 2. The van der Waals surface area contributed by atoms with Gasteiger partial charge in [-0.25, -0.2) is 4.99 Å². The van der Waals surface area contributed by atoms with Crippen LogP contribution in [0.4, 0.5) is 5.69 Å². The van der Waals surface area contributed by atoms with Gasteiger partial charge in [0.1, 0.15) is 5.75 Å². The van der Waals surface area contributed by atoms with Crippen LogP contribution >= 0.6 is 0 Å². The number of aryl methyl sites for hydroxylation is 1. The van der Waals surface area contributed by atoms with E-state index in [9.17, 15) is 0 Å².